The Morgan fingerprint density at radius 3 is 1.59 bits per heavy atom. The van der Waals surface area contributed by atoms with Crippen molar-refractivity contribution in [2.24, 2.45) is 5.73 Å². The molecule has 0 aliphatic rings. The first kappa shape index (κ1) is 28.8. The minimum Gasteiger partial charge on any atom is -0.416 e. The molecule has 3 aromatic rings. The average Bonchev–Trinajstić information content (AvgIpc) is 3.39. The maximum absolute atomic E-state index is 12.1. The molecule has 206 valence electrons. The highest BCUT2D eigenvalue weighted by molar-refractivity contribution is 5.91. The fourth-order valence-electron chi connectivity index (χ4n) is 3.62. The van der Waals surface area contributed by atoms with E-state index in [0.29, 0.717) is 61.3 Å². The van der Waals surface area contributed by atoms with Crippen molar-refractivity contribution in [3.63, 3.8) is 0 Å². The molecule has 3 rings (SSSR count). The molecule has 0 aliphatic heterocycles. The van der Waals surface area contributed by atoms with Crippen LogP contribution in [0.1, 0.15) is 45.4 Å². The zero-order valence-electron chi connectivity index (χ0n) is 22.0. The molecule has 0 fully saturated rings. The van der Waals surface area contributed by atoms with Gasteiger partial charge in [-0.15, -0.1) is 10.2 Å². The maximum Gasteiger partial charge on any atom is 0.248 e. The third-order valence-electron chi connectivity index (χ3n) is 5.62. The molecule has 0 aliphatic carbocycles. The predicted octanol–water partition coefficient (Wildman–Crippen LogP) is 3.69. The van der Waals surface area contributed by atoms with Crippen LogP contribution in [-0.2, 0) is 9.59 Å². The van der Waals surface area contributed by atoms with E-state index >= 15 is 0 Å². The fraction of sp³-hybridized carbons (Fsp3) is 0.333. The van der Waals surface area contributed by atoms with Crippen LogP contribution in [0.15, 0.2) is 52.9 Å². The maximum atomic E-state index is 12.1. The lowest BCUT2D eigenvalue weighted by Gasteiger charge is -2.06. The smallest absolute Gasteiger partial charge is 0.248 e. The Kier molecular flexibility index (Phi) is 11.0. The number of guanidine groups is 1. The van der Waals surface area contributed by atoms with Crippen molar-refractivity contribution in [3.8, 4) is 22.9 Å². The van der Waals surface area contributed by atoms with Gasteiger partial charge in [-0.05, 0) is 81.1 Å². The number of amides is 2. The van der Waals surface area contributed by atoms with Crippen LogP contribution in [0.4, 0.5) is 11.4 Å². The summed E-state index contributed by atoms with van der Waals surface area (Å²) in [5.41, 5.74) is 8.02. The molecule has 0 bridgehead atoms. The molecule has 0 saturated carbocycles. The summed E-state index contributed by atoms with van der Waals surface area (Å²) in [5.74, 6) is 0.918. The first-order chi connectivity index (χ1) is 18.8. The van der Waals surface area contributed by atoms with Crippen LogP contribution in [0.5, 0.6) is 0 Å². The van der Waals surface area contributed by atoms with Gasteiger partial charge in [0.1, 0.15) is 0 Å². The van der Waals surface area contributed by atoms with Crippen molar-refractivity contribution in [3.05, 3.63) is 48.5 Å². The van der Waals surface area contributed by atoms with E-state index < -0.39 is 0 Å². The normalized spacial score (nSPS) is 10.5. The van der Waals surface area contributed by atoms with E-state index in [2.05, 4.69) is 31.5 Å². The van der Waals surface area contributed by atoms with Crippen molar-refractivity contribution in [1.29, 1.82) is 10.8 Å². The van der Waals surface area contributed by atoms with Gasteiger partial charge in [0.15, 0.2) is 5.96 Å². The molecule has 0 unspecified atom stereocenters. The van der Waals surface area contributed by atoms with E-state index in [4.69, 9.17) is 21.0 Å². The van der Waals surface area contributed by atoms with Gasteiger partial charge < -0.3 is 31.4 Å². The van der Waals surface area contributed by atoms with Gasteiger partial charge in [-0.2, -0.15) is 0 Å². The van der Waals surface area contributed by atoms with Crippen LogP contribution in [0.2, 0.25) is 0 Å². The number of nitrogens with one attached hydrogen (secondary N) is 6. The van der Waals surface area contributed by atoms with Crippen LogP contribution in [0.25, 0.3) is 22.9 Å². The van der Waals surface area contributed by atoms with Gasteiger partial charge >= 0.3 is 0 Å². The van der Waals surface area contributed by atoms with Gasteiger partial charge in [-0.3, -0.25) is 20.4 Å². The van der Waals surface area contributed by atoms with Crippen molar-refractivity contribution in [1.82, 2.24) is 20.8 Å². The van der Waals surface area contributed by atoms with Crippen molar-refractivity contribution >= 4 is 35.0 Å². The van der Waals surface area contributed by atoms with E-state index in [9.17, 15) is 9.59 Å². The Bertz CT molecular complexity index is 1160. The number of unbranched alkanes of at least 4 members (excludes halogenated alkanes) is 2. The standard InChI is InChI=1S/C27H35N9O3/c1-18(28)31-16-4-2-6-23(37)33-21-12-8-19(9-13-21)25-35-36-26(39-25)20-10-14-22(15-11-20)34-24(38)7-3-5-17-32-27(29)30/h8-15H,2-7,16-17H2,1H3,(H2,28,31)(H,33,37)(H,34,38)(H4,29,30,32). The lowest BCUT2D eigenvalue weighted by atomic mass is 10.2. The predicted molar refractivity (Wildman–Crippen MR) is 151 cm³/mol. The van der Waals surface area contributed by atoms with Crippen LogP contribution in [-0.4, -0.2) is 46.9 Å². The third-order valence-corrected chi connectivity index (χ3v) is 5.62. The van der Waals surface area contributed by atoms with Crippen LogP contribution < -0.4 is 27.0 Å². The quantitative estimate of drug-likeness (QED) is 0.0925. The summed E-state index contributed by atoms with van der Waals surface area (Å²) < 4.78 is 5.84. The molecule has 1 aromatic heterocycles. The summed E-state index contributed by atoms with van der Waals surface area (Å²) in [4.78, 5) is 24.3. The van der Waals surface area contributed by atoms with Crippen molar-refractivity contribution in [2.75, 3.05) is 23.7 Å². The highest BCUT2D eigenvalue weighted by Gasteiger charge is 2.12. The van der Waals surface area contributed by atoms with E-state index in [1.165, 1.54) is 0 Å². The molecule has 1 heterocycles. The lowest BCUT2D eigenvalue weighted by Crippen LogP contribution is -2.30. The SMILES string of the molecule is CC(=N)NCCCCC(=O)Nc1ccc(-c2nnc(-c3ccc(NC(=O)CCCCNC(=N)N)cc3)o2)cc1. The topological polar surface area (TPSA) is 195 Å². The highest BCUT2D eigenvalue weighted by Crippen LogP contribution is 2.26. The fourth-order valence-corrected chi connectivity index (χ4v) is 3.62. The van der Waals surface area contributed by atoms with Crippen LogP contribution in [0, 0.1) is 10.8 Å². The number of rotatable bonds is 14. The van der Waals surface area contributed by atoms with E-state index in [1.54, 1.807) is 55.5 Å². The molecule has 0 atom stereocenters. The van der Waals surface area contributed by atoms with Gasteiger partial charge in [0.25, 0.3) is 0 Å². The number of hydrogen-bond donors (Lipinski definition) is 7. The number of anilines is 2. The molecule has 39 heavy (non-hydrogen) atoms. The third kappa shape index (κ3) is 10.3. The van der Waals surface area contributed by atoms with Gasteiger partial charge in [0.05, 0.1) is 5.84 Å². The summed E-state index contributed by atoms with van der Waals surface area (Å²) in [7, 11) is 0. The molecule has 12 nitrogen and oxygen atoms in total. The summed E-state index contributed by atoms with van der Waals surface area (Å²) in [6, 6.07) is 14.3. The zero-order valence-corrected chi connectivity index (χ0v) is 22.0. The molecule has 0 saturated heterocycles. The first-order valence-corrected chi connectivity index (χ1v) is 12.8. The molecule has 2 aromatic carbocycles. The van der Waals surface area contributed by atoms with E-state index in [1.807, 2.05) is 0 Å². The summed E-state index contributed by atoms with van der Waals surface area (Å²) in [6.45, 7) is 2.94. The first-order valence-electron chi connectivity index (χ1n) is 12.8. The molecular formula is C27H35N9O3. The van der Waals surface area contributed by atoms with E-state index in [0.717, 1.165) is 30.4 Å². The van der Waals surface area contributed by atoms with Gasteiger partial charge in [0.2, 0.25) is 23.6 Å². The average molecular weight is 534 g/mol. The lowest BCUT2D eigenvalue weighted by molar-refractivity contribution is -0.117. The zero-order chi connectivity index (χ0) is 28.0. The second-order valence-corrected chi connectivity index (χ2v) is 8.97. The Labute approximate surface area is 227 Å². The Hall–Kier alpha value is -4.74. The summed E-state index contributed by atoms with van der Waals surface area (Å²) >= 11 is 0. The number of hydrogen-bond acceptors (Lipinski definition) is 7. The second-order valence-electron chi connectivity index (χ2n) is 8.97. The van der Waals surface area contributed by atoms with E-state index in [-0.39, 0.29) is 17.8 Å². The molecule has 12 heteroatoms. The van der Waals surface area contributed by atoms with Gasteiger partial charge in [-0.25, -0.2) is 0 Å². The largest absolute Gasteiger partial charge is 0.416 e. The Morgan fingerprint density at radius 1 is 0.744 bits per heavy atom. The number of nitrogens with two attached hydrogens (primary N) is 1. The minimum absolute atomic E-state index is 0.0593. The van der Waals surface area contributed by atoms with Crippen LogP contribution in [0.3, 0.4) is 0 Å². The Balaban J connectivity index is 1.46. The number of amidine groups is 1. The second kappa shape index (κ2) is 14.9. The molecular weight excluding hydrogens is 498 g/mol. The summed E-state index contributed by atoms with van der Waals surface area (Å²) in [6.07, 6.45) is 3.78. The Morgan fingerprint density at radius 2 is 1.18 bits per heavy atom. The number of carbonyl (C=O) groups excluding carboxylic acids is 2. The molecule has 0 radical (unpaired) electrons. The number of benzene rings is 2. The number of carbonyl (C=O) groups is 2. The monoisotopic (exact) mass is 533 g/mol. The number of nitrogens with zero attached hydrogens (tertiary/aromatic N) is 2. The van der Waals surface area contributed by atoms with Crippen LogP contribution >= 0.6 is 0 Å². The van der Waals surface area contributed by atoms with Gasteiger partial charge in [0, 0.05) is 48.4 Å². The molecule has 2 amide bonds. The minimum atomic E-state index is -0.0864. The van der Waals surface area contributed by atoms with Crippen molar-refractivity contribution < 1.29 is 14.0 Å². The highest BCUT2D eigenvalue weighted by atomic mass is 16.4. The number of aromatic nitrogens is 2. The van der Waals surface area contributed by atoms with Gasteiger partial charge in [-0.1, -0.05) is 0 Å². The summed E-state index contributed by atoms with van der Waals surface area (Å²) in [5, 5.41) is 34.1. The van der Waals surface area contributed by atoms with Crippen molar-refractivity contribution in [2.45, 2.75) is 45.4 Å². The molecule has 8 N–H and O–H groups in total. The molecule has 0 spiro atoms.